The lowest BCUT2D eigenvalue weighted by Gasteiger charge is -2.20. The monoisotopic (exact) mass is 268 g/mol. The Bertz CT molecular complexity index is 303. The van der Waals surface area contributed by atoms with E-state index in [0.717, 1.165) is 18.8 Å². The van der Waals surface area contributed by atoms with E-state index in [2.05, 4.69) is 9.47 Å². The maximum atomic E-state index is 11.5. The summed E-state index contributed by atoms with van der Waals surface area (Å²) in [4.78, 5) is 22.2. The molecule has 0 bridgehead atoms. The third-order valence-electron chi connectivity index (χ3n) is 3.53. The quantitative estimate of drug-likeness (QED) is 0.522. The van der Waals surface area contributed by atoms with Gasteiger partial charge in [0.2, 0.25) is 0 Å². The van der Waals surface area contributed by atoms with Crippen molar-refractivity contribution in [2.24, 2.45) is 5.92 Å². The lowest BCUT2D eigenvalue weighted by Crippen LogP contribution is -2.07. The van der Waals surface area contributed by atoms with Crippen LogP contribution in [0, 0.1) is 5.92 Å². The third-order valence-corrected chi connectivity index (χ3v) is 3.53. The second-order valence-electron chi connectivity index (χ2n) is 5.03. The van der Waals surface area contributed by atoms with Crippen molar-refractivity contribution in [3.63, 3.8) is 0 Å². The third kappa shape index (κ3) is 7.65. The van der Waals surface area contributed by atoms with Crippen molar-refractivity contribution in [3.8, 4) is 0 Å². The van der Waals surface area contributed by atoms with Gasteiger partial charge in [0.15, 0.2) is 5.78 Å². The van der Waals surface area contributed by atoms with Crippen LogP contribution >= 0.6 is 0 Å². The van der Waals surface area contributed by atoms with E-state index in [1.807, 2.05) is 0 Å². The molecule has 0 radical (unpaired) electrons. The van der Waals surface area contributed by atoms with Crippen molar-refractivity contribution < 1.29 is 19.1 Å². The van der Waals surface area contributed by atoms with Crippen LogP contribution in [-0.2, 0) is 14.3 Å². The number of carbonyl (C=O) groups excluding carboxylic acids is 2. The van der Waals surface area contributed by atoms with Gasteiger partial charge in [-0.3, -0.25) is 4.79 Å². The Hall–Kier alpha value is -1.32. The van der Waals surface area contributed by atoms with E-state index in [1.54, 1.807) is 6.08 Å². The minimum absolute atomic E-state index is 0.0844. The van der Waals surface area contributed by atoms with Crippen LogP contribution in [0.5, 0.6) is 0 Å². The van der Waals surface area contributed by atoms with Crippen molar-refractivity contribution in [2.75, 3.05) is 13.7 Å². The molecule has 1 aliphatic rings. The number of rotatable bonds is 7. The topological polar surface area (TPSA) is 52.6 Å². The van der Waals surface area contributed by atoms with E-state index >= 15 is 0 Å². The van der Waals surface area contributed by atoms with E-state index in [4.69, 9.17) is 0 Å². The van der Waals surface area contributed by atoms with Gasteiger partial charge in [-0.1, -0.05) is 38.5 Å². The Labute approximate surface area is 115 Å². The molecule has 19 heavy (non-hydrogen) atoms. The number of ketones is 1. The molecular weight excluding hydrogens is 244 g/mol. The largest absolute Gasteiger partial charge is 0.508 e. The van der Waals surface area contributed by atoms with Gasteiger partial charge in [-0.2, -0.15) is 0 Å². The number of methoxy groups -OCH3 is 1. The average Bonchev–Trinajstić information content (AvgIpc) is 2.44. The molecule has 0 atom stereocenters. The number of hydrogen-bond acceptors (Lipinski definition) is 4. The number of carbonyl (C=O) groups is 2. The molecular formula is C15H24O4. The highest BCUT2D eigenvalue weighted by molar-refractivity contribution is 5.89. The van der Waals surface area contributed by atoms with Crippen molar-refractivity contribution in [3.05, 3.63) is 12.2 Å². The lowest BCUT2D eigenvalue weighted by atomic mass is 9.85. The second kappa shape index (κ2) is 9.59. The summed E-state index contributed by atoms with van der Waals surface area (Å²) in [5.41, 5.74) is 0. The van der Waals surface area contributed by atoms with Gasteiger partial charge in [-0.25, -0.2) is 4.79 Å². The maximum absolute atomic E-state index is 11.5. The van der Waals surface area contributed by atoms with E-state index in [9.17, 15) is 9.59 Å². The molecule has 0 N–H and O–H groups in total. The summed E-state index contributed by atoms with van der Waals surface area (Å²) in [5.74, 6) is 0.928. The Kier molecular flexibility index (Phi) is 7.94. The van der Waals surface area contributed by atoms with Crippen LogP contribution in [0.4, 0.5) is 4.79 Å². The number of hydrogen-bond donors (Lipinski definition) is 0. The minimum Gasteiger partial charge on any atom is -0.438 e. The van der Waals surface area contributed by atoms with E-state index < -0.39 is 6.16 Å². The van der Waals surface area contributed by atoms with Gasteiger partial charge in [0.05, 0.1) is 7.11 Å². The standard InChI is InChI=1S/C15H24O4/c1-18-15(17)19-12-6-11-14(16)10-5-9-13-7-3-2-4-8-13/h6,11,13H,2-5,7-10,12H2,1H3/b11-6+. The fourth-order valence-electron chi connectivity index (χ4n) is 2.48. The van der Waals surface area contributed by atoms with Crippen LogP contribution in [0.15, 0.2) is 12.2 Å². The van der Waals surface area contributed by atoms with E-state index in [1.165, 1.54) is 45.3 Å². The van der Waals surface area contributed by atoms with Crippen molar-refractivity contribution in [1.82, 2.24) is 0 Å². The highest BCUT2D eigenvalue weighted by Gasteiger charge is 2.13. The molecule has 1 fully saturated rings. The van der Waals surface area contributed by atoms with Gasteiger partial charge in [-0.15, -0.1) is 0 Å². The lowest BCUT2D eigenvalue weighted by molar-refractivity contribution is -0.114. The summed E-state index contributed by atoms with van der Waals surface area (Å²) in [7, 11) is 1.25. The average molecular weight is 268 g/mol. The summed E-state index contributed by atoms with van der Waals surface area (Å²) in [6.45, 7) is 0.0844. The van der Waals surface area contributed by atoms with Crippen LogP contribution in [0.2, 0.25) is 0 Å². The SMILES string of the molecule is COC(=O)OC/C=C/C(=O)CCCC1CCCCC1. The first-order chi connectivity index (χ1) is 9.22. The van der Waals surface area contributed by atoms with Crippen LogP contribution in [0.25, 0.3) is 0 Å². The number of allylic oxidation sites excluding steroid dienone is 1. The van der Waals surface area contributed by atoms with Gasteiger partial charge in [-0.05, 0) is 24.5 Å². The molecule has 1 aliphatic carbocycles. The zero-order valence-electron chi connectivity index (χ0n) is 11.7. The molecule has 1 saturated carbocycles. The molecule has 0 heterocycles. The fourth-order valence-corrected chi connectivity index (χ4v) is 2.48. The molecule has 1 rings (SSSR count). The molecule has 4 heteroatoms. The Morgan fingerprint density at radius 3 is 2.63 bits per heavy atom. The molecule has 0 unspecified atom stereocenters. The molecule has 0 aromatic rings. The zero-order valence-corrected chi connectivity index (χ0v) is 11.7. The van der Waals surface area contributed by atoms with Crippen LogP contribution < -0.4 is 0 Å². The number of ether oxygens (including phenoxy) is 2. The first-order valence-electron chi connectivity index (χ1n) is 7.12. The molecule has 0 saturated heterocycles. The van der Waals surface area contributed by atoms with Crippen molar-refractivity contribution in [2.45, 2.75) is 51.4 Å². The zero-order chi connectivity index (χ0) is 13.9. The summed E-state index contributed by atoms with van der Waals surface area (Å²) >= 11 is 0. The van der Waals surface area contributed by atoms with Gasteiger partial charge in [0.25, 0.3) is 0 Å². The highest BCUT2D eigenvalue weighted by Crippen LogP contribution is 2.27. The predicted molar refractivity (Wildman–Crippen MR) is 72.9 cm³/mol. The molecule has 0 amide bonds. The predicted octanol–water partition coefficient (Wildman–Crippen LogP) is 3.65. The summed E-state index contributed by atoms with van der Waals surface area (Å²) < 4.78 is 8.95. The summed E-state index contributed by atoms with van der Waals surface area (Å²) in [6.07, 6.45) is 11.8. The van der Waals surface area contributed by atoms with E-state index in [0.29, 0.717) is 6.42 Å². The highest BCUT2D eigenvalue weighted by atomic mass is 16.7. The smallest absolute Gasteiger partial charge is 0.438 e. The Morgan fingerprint density at radius 2 is 1.95 bits per heavy atom. The van der Waals surface area contributed by atoms with Gasteiger partial charge < -0.3 is 9.47 Å². The first kappa shape index (κ1) is 15.7. The Balaban J connectivity index is 2.03. The van der Waals surface area contributed by atoms with E-state index in [-0.39, 0.29) is 12.4 Å². The van der Waals surface area contributed by atoms with Crippen LogP contribution in [0.1, 0.15) is 51.4 Å². The van der Waals surface area contributed by atoms with Crippen LogP contribution in [0.3, 0.4) is 0 Å². The van der Waals surface area contributed by atoms with Gasteiger partial charge in [0, 0.05) is 6.42 Å². The fraction of sp³-hybridized carbons (Fsp3) is 0.733. The molecule has 0 spiro atoms. The normalized spacial score (nSPS) is 16.5. The van der Waals surface area contributed by atoms with Gasteiger partial charge in [0.1, 0.15) is 6.61 Å². The molecule has 4 nitrogen and oxygen atoms in total. The van der Waals surface area contributed by atoms with Gasteiger partial charge >= 0.3 is 6.16 Å². The molecule has 0 aromatic heterocycles. The molecule has 0 aromatic carbocycles. The summed E-state index contributed by atoms with van der Waals surface area (Å²) in [6, 6.07) is 0. The molecule has 108 valence electrons. The molecule has 0 aliphatic heterocycles. The second-order valence-corrected chi connectivity index (χ2v) is 5.03. The van der Waals surface area contributed by atoms with Crippen LogP contribution in [-0.4, -0.2) is 25.7 Å². The first-order valence-corrected chi connectivity index (χ1v) is 7.12. The van der Waals surface area contributed by atoms with Crippen molar-refractivity contribution >= 4 is 11.9 Å². The maximum Gasteiger partial charge on any atom is 0.508 e. The van der Waals surface area contributed by atoms with Crippen molar-refractivity contribution in [1.29, 1.82) is 0 Å². The Morgan fingerprint density at radius 1 is 1.21 bits per heavy atom. The summed E-state index contributed by atoms with van der Waals surface area (Å²) in [5, 5.41) is 0. The minimum atomic E-state index is -0.727.